The molecule has 0 aliphatic carbocycles. The number of para-hydroxylation sites is 1. The first-order valence-corrected chi connectivity index (χ1v) is 8.25. The summed E-state index contributed by atoms with van der Waals surface area (Å²) in [6.45, 7) is 0.942. The molecule has 0 bridgehead atoms. The fourth-order valence-corrected chi connectivity index (χ4v) is 2.95. The van der Waals surface area contributed by atoms with Crippen molar-refractivity contribution >= 4 is 29.3 Å². The normalized spacial score (nSPS) is 17.5. The van der Waals surface area contributed by atoms with Gasteiger partial charge in [0.05, 0.1) is 18.3 Å². The predicted molar refractivity (Wildman–Crippen MR) is 85.5 cm³/mol. The van der Waals surface area contributed by atoms with E-state index >= 15 is 0 Å². The van der Waals surface area contributed by atoms with Crippen LogP contribution in [-0.2, 0) is 9.59 Å². The van der Waals surface area contributed by atoms with Gasteiger partial charge in [-0.3, -0.25) is 9.59 Å². The Morgan fingerprint density at radius 1 is 1.43 bits per heavy atom. The van der Waals surface area contributed by atoms with Crippen LogP contribution in [0.5, 0.6) is 0 Å². The van der Waals surface area contributed by atoms with Gasteiger partial charge in [0.25, 0.3) is 0 Å². The van der Waals surface area contributed by atoms with E-state index in [1.807, 2.05) is 30.5 Å². The van der Waals surface area contributed by atoms with Gasteiger partial charge < -0.3 is 15.5 Å². The minimum atomic E-state index is -0.176. The molecule has 1 aromatic carbocycles. The number of likely N-dealkylation sites (N-methyl/N-ethyl adjacent to an activating group) is 1. The number of benzene rings is 1. The molecule has 1 fully saturated rings. The van der Waals surface area contributed by atoms with Crippen molar-refractivity contribution in [3.05, 3.63) is 24.3 Å². The quantitative estimate of drug-likeness (QED) is 0.811. The standard InChI is InChI=1S/C15H21N3O2S/c1-18(15(20)12-7-5-9-16-12)10-14(19)17-11-6-3-4-8-13(11)21-2/h3-4,6,8,12,16H,5,7,9-10H2,1-2H3,(H,17,19). The molecule has 6 heteroatoms. The largest absolute Gasteiger partial charge is 0.335 e. The fourth-order valence-electron chi connectivity index (χ4n) is 2.39. The van der Waals surface area contributed by atoms with Crippen LogP contribution in [0.1, 0.15) is 12.8 Å². The maximum absolute atomic E-state index is 12.1. The van der Waals surface area contributed by atoms with Crippen LogP contribution < -0.4 is 10.6 Å². The van der Waals surface area contributed by atoms with Crippen LogP contribution in [0.25, 0.3) is 0 Å². The van der Waals surface area contributed by atoms with Gasteiger partial charge >= 0.3 is 0 Å². The highest BCUT2D eigenvalue weighted by atomic mass is 32.2. The van der Waals surface area contributed by atoms with Crippen molar-refractivity contribution in [3.63, 3.8) is 0 Å². The number of carbonyl (C=O) groups excluding carboxylic acids is 2. The Hall–Kier alpha value is -1.53. The van der Waals surface area contributed by atoms with Crippen LogP contribution in [0, 0.1) is 0 Å². The summed E-state index contributed by atoms with van der Waals surface area (Å²) >= 11 is 1.58. The van der Waals surface area contributed by atoms with E-state index < -0.39 is 0 Å². The predicted octanol–water partition coefficient (Wildman–Crippen LogP) is 1.56. The molecular formula is C15H21N3O2S. The topological polar surface area (TPSA) is 61.4 Å². The average Bonchev–Trinajstić information content (AvgIpc) is 3.01. The lowest BCUT2D eigenvalue weighted by Gasteiger charge is -2.21. The molecule has 1 aliphatic rings. The maximum atomic E-state index is 12.1. The summed E-state index contributed by atoms with van der Waals surface area (Å²) in [5.41, 5.74) is 0.787. The van der Waals surface area contributed by atoms with E-state index in [4.69, 9.17) is 0 Å². The molecule has 1 aromatic rings. The zero-order valence-electron chi connectivity index (χ0n) is 12.4. The summed E-state index contributed by atoms with van der Waals surface area (Å²) in [5.74, 6) is -0.189. The third kappa shape index (κ3) is 4.22. The number of amides is 2. The van der Waals surface area contributed by atoms with Crippen LogP contribution in [-0.4, -0.2) is 49.1 Å². The van der Waals surface area contributed by atoms with Gasteiger partial charge in [0, 0.05) is 11.9 Å². The van der Waals surface area contributed by atoms with Crippen LogP contribution in [0.4, 0.5) is 5.69 Å². The lowest BCUT2D eigenvalue weighted by atomic mass is 10.2. The highest BCUT2D eigenvalue weighted by Crippen LogP contribution is 2.24. The first-order valence-electron chi connectivity index (χ1n) is 7.03. The van der Waals surface area contributed by atoms with Crippen molar-refractivity contribution in [2.75, 3.05) is 31.7 Å². The Bertz CT molecular complexity index is 515. The molecule has 0 spiro atoms. The number of anilines is 1. The van der Waals surface area contributed by atoms with E-state index in [1.54, 1.807) is 18.8 Å². The Labute approximate surface area is 129 Å². The summed E-state index contributed by atoms with van der Waals surface area (Å²) in [5, 5.41) is 6.02. The second-order valence-corrected chi connectivity index (χ2v) is 5.94. The van der Waals surface area contributed by atoms with E-state index in [1.165, 1.54) is 4.90 Å². The monoisotopic (exact) mass is 307 g/mol. The second kappa shape index (κ2) is 7.47. The first-order chi connectivity index (χ1) is 10.1. The van der Waals surface area contributed by atoms with Crippen molar-refractivity contribution in [2.24, 2.45) is 0 Å². The van der Waals surface area contributed by atoms with E-state index in [0.717, 1.165) is 30.0 Å². The zero-order valence-corrected chi connectivity index (χ0v) is 13.2. The zero-order chi connectivity index (χ0) is 15.2. The molecule has 21 heavy (non-hydrogen) atoms. The van der Waals surface area contributed by atoms with Crippen LogP contribution >= 0.6 is 11.8 Å². The van der Waals surface area contributed by atoms with Gasteiger partial charge in [0.1, 0.15) is 0 Å². The molecule has 2 rings (SSSR count). The Kier molecular flexibility index (Phi) is 5.64. The summed E-state index contributed by atoms with van der Waals surface area (Å²) in [6.07, 6.45) is 3.82. The van der Waals surface area contributed by atoms with Gasteiger partial charge in [-0.2, -0.15) is 0 Å². The van der Waals surface area contributed by atoms with E-state index in [0.29, 0.717) is 0 Å². The number of hydrogen-bond acceptors (Lipinski definition) is 4. The van der Waals surface area contributed by atoms with Gasteiger partial charge in [-0.25, -0.2) is 0 Å². The Balaban J connectivity index is 1.90. The number of nitrogens with zero attached hydrogens (tertiary/aromatic N) is 1. The molecule has 1 aliphatic heterocycles. The van der Waals surface area contributed by atoms with Gasteiger partial charge in [-0.1, -0.05) is 12.1 Å². The van der Waals surface area contributed by atoms with Gasteiger partial charge in [0.15, 0.2) is 0 Å². The molecule has 5 nitrogen and oxygen atoms in total. The molecule has 0 radical (unpaired) electrons. The van der Waals surface area contributed by atoms with E-state index in [-0.39, 0.29) is 24.4 Å². The van der Waals surface area contributed by atoms with Crippen LogP contribution in [0.3, 0.4) is 0 Å². The molecule has 0 aromatic heterocycles. The highest BCUT2D eigenvalue weighted by molar-refractivity contribution is 7.98. The third-order valence-electron chi connectivity index (χ3n) is 3.50. The SMILES string of the molecule is CSc1ccccc1NC(=O)CN(C)C(=O)C1CCCN1. The summed E-state index contributed by atoms with van der Waals surface area (Å²) < 4.78 is 0. The van der Waals surface area contributed by atoms with Crippen molar-refractivity contribution in [1.82, 2.24) is 10.2 Å². The lowest BCUT2D eigenvalue weighted by Crippen LogP contribution is -2.44. The minimum absolute atomic E-state index is 0.0131. The third-order valence-corrected chi connectivity index (χ3v) is 4.29. The first kappa shape index (κ1) is 15.9. The molecule has 1 unspecified atom stereocenters. The van der Waals surface area contributed by atoms with Crippen molar-refractivity contribution in [2.45, 2.75) is 23.8 Å². The molecule has 1 atom stereocenters. The number of rotatable bonds is 5. The van der Waals surface area contributed by atoms with Crippen molar-refractivity contribution < 1.29 is 9.59 Å². The summed E-state index contributed by atoms with van der Waals surface area (Å²) in [6, 6.07) is 7.50. The maximum Gasteiger partial charge on any atom is 0.244 e. The number of nitrogens with one attached hydrogen (secondary N) is 2. The average molecular weight is 307 g/mol. The molecule has 0 saturated carbocycles. The molecule has 2 amide bonds. The molecule has 114 valence electrons. The highest BCUT2D eigenvalue weighted by Gasteiger charge is 2.25. The van der Waals surface area contributed by atoms with Crippen LogP contribution in [0.15, 0.2) is 29.2 Å². The number of thioether (sulfide) groups is 1. The molecule has 1 saturated heterocycles. The van der Waals surface area contributed by atoms with E-state index in [2.05, 4.69) is 10.6 Å². The summed E-state index contributed by atoms with van der Waals surface area (Å²) in [7, 11) is 1.67. The van der Waals surface area contributed by atoms with Crippen molar-refractivity contribution in [3.8, 4) is 0 Å². The lowest BCUT2D eigenvalue weighted by molar-refractivity contribution is -0.134. The number of hydrogen-bond donors (Lipinski definition) is 2. The molecular weight excluding hydrogens is 286 g/mol. The smallest absolute Gasteiger partial charge is 0.244 e. The molecule has 1 heterocycles. The van der Waals surface area contributed by atoms with Gasteiger partial charge in [0.2, 0.25) is 11.8 Å². The molecule has 2 N–H and O–H groups in total. The van der Waals surface area contributed by atoms with Gasteiger partial charge in [-0.05, 0) is 37.8 Å². The minimum Gasteiger partial charge on any atom is -0.335 e. The van der Waals surface area contributed by atoms with Gasteiger partial charge in [-0.15, -0.1) is 11.8 Å². The Morgan fingerprint density at radius 2 is 2.19 bits per heavy atom. The Morgan fingerprint density at radius 3 is 2.86 bits per heavy atom. The van der Waals surface area contributed by atoms with Crippen LogP contribution in [0.2, 0.25) is 0 Å². The summed E-state index contributed by atoms with van der Waals surface area (Å²) in [4.78, 5) is 26.7. The second-order valence-electron chi connectivity index (χ2n) is 5.09. The van der Waals surface area contributed by atoms with E-state index in [9.17, 15) is 9.59 Å². The number of carbonyl (C=O) groups is 2. The fraction of sp³-hybridized carbons (Fsp3) is 0.467. The van der Waals surface area contributed by atoms with Crippen molar-refractivity contribution in [1.29, 1.82) is 0 Å².